The van der Waals surface area contributed by atoms with Gasteiger partial charge in [-0.3, -0.25) is 9.59 Å². The van der Waals surface area contributed by atoms with E-state index in [0.717, 1.165) is 12.2 Å². The minimum Gasteiger partial charge on any atom is -0.354 e. The molecule has 4 nitrogen and oxygen atoms in total. The molecule has 0 aliphatic carbocycles. The highest BCUT2D eigenvalue weighted by Gasteiger charge is 2.19. The summed E-state index contributed by atoms with van der Waals surface area (Å²) in [6.45, 7) is 4.57. The van der Waals surface area contributed by atoms with E-state index >= 15 is 0 Å². The number of nitrogens with one attached hydrogen (secondary N) is 2. The topological polar surface area (TPSA) is 58.2 Å². The Labute approximate surface area is 143 Å². The summed E-state index contributed by atoms with van der Waals surface area (Å²) in [5.74, 6) is 1.08. The third-order valence-electron chi connectivity index (χ3n) is 3.83. The van der Waals surface area contributed by atoms with Crippen LogP contribution in [-0.2, 0) is 9.59 Å². The molecule has 5 heteroatoms. The molecular formula is C18H28N2O2S. The summed E-state index contributed by atoms with van der Waals surface area (Å²) in [6, 6.07) is 9.85. The van der Waals surface area contributed by atoms with Crippen molar-refractivity contribution < 1.29 is 9.59 Å². The maximum absolute atomic E-state index is 12.3. The molecule has 0 aliphatic rings. The van der Waals surface area contributed by atoms with Crippen LogP contribution in [0.15, 0.2) is 30.3 Å². The highest BCUT2D eigenvalue weighted by Crippen LogP contribution is 2.17. The Kier molecular flexibility index (Phi) is 9.45. The van der Waals surface area contributed by atoms with Crippen LogP contribution in [0, 0.1) is 0 Å². The van der Waals surface area contributed by atoms with Gasteiger partial charge in [-0.2, -0.15) is 11.8 Å². The SMILES string of the molecule is CCC(=O)N[C@@H](CCSC)C(=O)NCC[C@H](C)c1ccccc1. The Balaban J connectivity index is 2.43. The smallest absolute Gasteiger partial charge is 0.242 e. The third kappa shape index (κ3) is 7.55. The number of amides is 2. The summed E-state index contributed by atoms with van der Waals surface area (Å²) in [5, 5.41) is 5.77. The second kappa shape index (κ2) is 11.1. The van der Waals surface area contributed by atoms with Gasteiger partial charge in [0.2, 0.25) is 11.8 Å². The zero-order chi connectivity index (χ0) is 17.1. The van der Waals surface area contributed by atoms with E-state index in [2.05, 4.69) is 29.7 Å². The minimum atomic E-state index is -0.429. The van der Waals surface area contributed by atoms with Crippen LogP contribution in [0.3, 0.4) is 0 Å². The molecule has 1 aromatic rings. The molecule has 2 N–H and O–H groups in total. The van der Waals surface area contributed by atoms with E-state index in [1.54, 1.807) is 18.7 Å². The molecule has 0 saturated carbocycles. The monoisotopic (exact) mass is 336 g/mol. The molecule has 2 atom stereocenters. The summed E-state index contributed by atoms with van der Waals surface area (Å²) >= 11 is 1.68. The van der Waals surface area contributed by atoms with Gasteiger partial charge in [-0.05, 0) is 36.3 Å². The summed E-state index contributed by atoms with van der Waals surface area (Å²) in [4.78, 5) is 23.8. The van der Waals surface area contributed by atoms with Crippen LogP contribution >= 0.6 is 11.8 Å². The first-order valence-corrected chi connectivity index (χ1v) is 9.58. The molecule has 0 radical (unpaired) electrons. The highest BCUT2D eigenvalue weighted by molar-refractivity contribution is 7.98. The van der Waals surface area contributed by atoms with Crippen molar-refractivity contribution in [1.29, 1.82) is 0 Å². The van der Waals surface area contributed by atoms with Crippen LogP contribution in [0.5, 0.6) is 0 Å². The van der Waals surface area contributed by atoms with Gasteiger partial charge in [0.15, 0.2) is 0 Å². The van der Waals surface area contributed by atoms with Crippen molar-refractivity contribution in [2.75, 3.05) is 18.6 Å². The average molecular weight is 337 g/mol. The summed E-state index contributed by atoms with van der Waals surface area (Å²) in [7, 11) is 0. The van der Waals surface area contributed by atoms with Crippen LogP contribution in [0.1, 0.15) is 44.6 Å². The number of hydrogen-bond acceptors (Lipinski definition) is 3. The normalized spacial score (nSPS) is 13.2. The Morgan fingerprint density at radius 1 is 1.17 bits per heavy atom. The van der Waals surface area contributed by atoms with Gasteiger partial charge in [-0.15, -0.1) is 0 Å². The average Bonchev–Trinajstić information content (AvgIpc) is 2.58. The Morgan fingerprint density at radius 3 is 2.48 bits per heavy atom. The third-order valence-corrected chi connectivity index (χ3v) is 4.47. The maximum atomic E-state index is 12.3. The van der Waals surface area contributed by atoms with Crippen molar-refractivity contribution in [3.05, 3.63) is 35.9 Å². The number of carbonyl (C=O) groups is 2. The van der Waals surface area contributed by atoms with E-state index in [1.165, 1.54) is 5.56 Å². The molecule has 0 heterocycles. The number of thioether (sulfide) groups is 1. The Hall–Kier alpha value is -1.49. The lowest BCUT2D eigenvalue weighted by Crippen LogP contribution is -2.47. The highest BCUT2D eigenvalue weighted by atomic mass is 32.2. The van der Waals surface area contributed by atoms with E-state index < -0.39 is 6.04 Å². The fraction of sp³-hybridized carbons (Fsp3) is 0.556. The van der Waals surface area contributed by atoms with Crippen molar-refractivity contribution >= 4 is 23.6 Å². The first-order chi connectivity index (χ1) is 11.1. The van der Waals surface area contributed by atoms with E-state index in [1.807, 2.05) is 24.5 Å². The second-order valence-corrected chi connectivity index (χ2v) is 6.63. The molecule has 0 unspecified atom stereocenters. The van der Waals surface area contributed by atoms with Crippen molar-refractivity contribution in [2.45, 2.75) is 45.1 Å². The largest absolute Gasteiger partial charge is 0.354 e. The lowest BCUT2D eigenvalue weighted by Gasteiger charge is -2.19. The van der Waals surface area contributed by atoms with Crippen LogP contribution in [0.2, 0.25) is 0 Å². The quantitative estimate of drug-likeness (QED) is 0.691. The standard InChI is InChI=1S/C18H28N2O2S/c1-4-17(21)20-16(11-13-23-3)18(22)19-12-10-14(2)15-8-6-5-7-9-15/h5-9,14,16H,4,10-13H2,1-3H3,(H,19,22)(H,20,21)/t14-,16-/m0/s1. The van der Waals surface area contributed by atoms with Crippen molar-refractivity contribution in [2.24, 2.45) is 0 Å². The molecule has 0 aliphatic heterocycles. The first kappa shape index (κ1) is 19.6. The molecule has 0 fully saturated rings. The fourth-order valence-corrected chi connectivity index (χ4v) is 2.76. The van der Waals surface area contributed by atoms with Gasteiger partial charge in [0.25, 0.3) is 0 Å². The zero-order valence-corrected chi connectivity index (χ0v) is 15.1. The molecule has 2 amide bonds. The van der Waals surface area contributed by atoms with E-state index in [9.17, 15) is 9.59 Å². The first-order valence-electron chi connectivity index (χ1n) is 8.19. The molecule has 1 rings (SSSR count). The predicted molar refractivity (Wildman–Crippen MR) is 97.7 cm³/mol. The van der Waals surface area contributed by atoms with Gasteiger partial charge in [0.1, 0.15) is 6.04 Å². The maximum Gasteiger partial charge on any atom is 0.242 e. The summed E-state index contributed by atoms with van der Waals surface area (Å²) in [6.07, 6.45) is 3.94. The molecule has 0 spiro atoms. The lowest BCUT2D eigenvalue weighted by atomic mass is 9.98. The van der Waals surface area contributed by atoms with Gasteiger partial charge in [0.05, 0.1) is 0 Å². The van der Waals surface area contributed by atoms with Gasteiger partial charge in [-0.25, -0.2) is 0 Å². The van der Waals surface area contributed by atoms with Gasteiger partial charge in [0, 0.05) is 13.0 Å². The van der Waals surface area contributed by atoms with Crippen molar-refractivity contribution in [3.8, 4) is 0 Å². The van der Waals surface area contributed by atoms with Crippen LogP contribution in [-0.4, -0.2) is 36.4 Å². The Bertz CT molecular complexity index is 479. The molecule has 128 valence electrons. The number of hydrogen-bond donors (Lipinski definition) is 2. The van der Waals surface area contributed by atoms with Crippen LogP contribution < -0.4 is 10.6 Å². The molecular weight excluding hydrogens is 308 g/mol. The zero-order valence-electron chi connectivity index (χ0n) is 14.3. The van der Waals surface area contributed by atoms with Crippen molar-refractivity contribution in [1.82, 2.24) is 10.6 Å². The number of rotatable bonds is 10. The van der Waals surface area contributed by atoms with Gasteiger partial charge < -0.3 is 10.6 Å². The van der Waals surface area contributed by atoms with Gasteiger partial charge in [-0.1, -0.05) is 44.2 Å². The van der Waals surface area contributed by atoms with Crippen molar-refractivity contribution in [3.63, 3.8) is 0 Å². The second-order valence-electron chi connectivity index (χ2n) is 5.65. The predicted octanol–water partition coefficient (Wildman–Crippen LogP) is 2.94. The van der Waals surface area contributed by atoms with Crippen LogP contribution in [0.4, 0.5) is 0 Å². The Morgan fingerprint density at radius 2 is 1.87 bits per heavy atom. The van der Waals surface area contributed by atoms with Gasteiger partial charge >= 0.3 is 0 Å². The molecule has 0 saturated heterocycles. The number of carbonyl (C=O) groups excluding carboxylic acids is 2. The fourth-order valence-electron chi connectivity index (χ4n) is 2.28. The van der Waals surface area contributed by atoms with E-state index in [0.29, 0.717) is 25.3 Å². The minimum absolute atomic E-state index is 0.0797. The molecule has 1 aromatic carbocycles. The summed E-state index contributed by atoms with van der Waals surface area (Å²) < 4.78 is 0. The number of benzene rings is 1. The summed E-state index contributed by atoms with van der Waals surface area (Å²) in [5.41, 5.74) is 1.28. The lowest BCUT2D eigenvalue weighted by molar-refractivity contribution is -0.128. The molecule has 0 bridgehead atoms. The molecule has 23 heavy (non-hydrogen) atoms. The van der Waals surface area contributed by atoms with E-state index in [4.69, 9.17) is 0 Å². The van der Waals surface area contributed by atoms with E-state index in [-0.39, 0.29) is 11.8 Å². The molecule has 0 aromatic heterocycles. The van der Waals surface area contributed by atoms with Crippen LogP contribution in [0.25, 0.3) is 0 Å².